The number of fused-ring (bicyclic) bond motifs is 2. The van der Waals surface area contributed by atoms with Gasteiger partial charge in [0.15, 0.2) is 0 Å². The fraction of sp³-hybridized carbons (Fsp3) is 1.00. The van der Waals surface area contributed by atoms with Crippen LogP contribution >= 0.6 is 0 Å². The molecule has 3 aliphatic rings. The molecule has 2 aliphatic heterocycles. The lowest BCUT2D eigenvalue weighted by molar-refractivity contribution is 0.0158. The maximum Gasteiger partial charge on any atom is 0.0555 e. The molecule has 0 amide bonds. The van der Waals surface area contributed by atoms with Gasteiger partial charge in [0.05, 0.1) is 6.10 Å². The van der Waals surface area contributed by atoms with Crippen molar-refractivity contribution in [3.8, 4) is 0 Å². The smallest absolute Gasteiger partial charge is 0.0555 e. The Kier molecular flexibility index (Phi) is 3.45. The zero-order chi connectivity index (χ0) is 11.8. The summed E-state index contributed by atoms with van der Waals surface area (Å²) >= 11 is 0. The molecular formula is C15H27NO. The predicted octanol–water partition coefficient (Wildman–Crippen LogP) is 2.94. The summed E-state index contributed by atoms with van der Waals surface area (Å²) in [6.07, 6.45) is 11.7. The van der Waals surface area contributed by atoms with Crippen LogP contribution in [0.15, 0.2) is 0 Å². The first-order valence-corrected chi connectivity index (χ1v) is 7.75. The van der Waals surface area contributed by atoms with E-state index in [1.165, 1.54) is 44.9 Å². The molecule has 3 rings (SSSR count). The van der Waals surface area contributed by atoms with E-state index in [9.17, 15) is 5.11 Å². The molecule has 1 N–H and O–H groups in total. The molecule has 0 radical (unpaired) electrons. The summed E-state index contributed by atoms with van der Waals surface area (Å²) in [6, 6.07) is 2.45. The van der Waals surface area contributed by atoms with Crippen molar-refractivity contribution in [3.05, 3.63) is 0 Å². The molecule has 2 heterocycles. The number of rotatable bonds is 3. The monoisotopic (exact) mass is 237 g/mol. The number of hydrogen-bond donors (Lipinski definition) is 1. The third-order valence-corrected chi connectivity index (χ3v) is 5.48. The molecule has 1 saturated carbocycles. The van der Waals surface area contributed by atoms with E-state index < -0.39 is 0 Å². The molecule has 0 aromatic carbocycles. The van der Waals surface area contributed by atoms with Gasteiger partial charge in [-0.05, 0) is 57.3 Å². The predicted molar refractivity (Wildman–Crippen MR) is 69.9 cm³/mol. The minimum absolute atomic E-state index is 0.0203. The van der Waals surface area contributed by atoms with E-state index in [4.69, 9.17) is 0 Å². The van der Waals surface area contributed by atoms with E-state index >= 15 is 0 Å². The second kappa shape index (κ2) is 4.89. The van der Waals surface area contributed by atoms with Gasteiger partial charge in [-0.3, -0.25) is 4.90 Å². The van der Waals surface area contributed by atoms with Crippen molar-refractivity contribution in [1.29, 1.82) is 0 Å². The highest BCUT2D eigenvalue weighted by Gasteiger charge is 2.46. The van der Waals surface area contributed by atoms with Crippen LogP contribution < -0.4 is 0 Å². The van der Waals surface area contributed by atoms with Gasteiger partial charge in [0.2, 0.25) is 0 Å². The first-order valence-electron chi connectivity index (χ1n) is 7.75. The topological polar surface area (TPSA) is 23.5 Å². The normalized spacial score (nSPS) is 46.6. The van der Waals surface area contributed by atoms with Crippen molar-refractivity contribution < 1.29 is 5.11 Å². The van der Waals surface area contributed by atoms with Crippen LogP contribution in [0.1, 0.15) is 64.7 Å². The number of aliphatic hydroxyl groups excluding tert-OH is 1. The second-order valence-corrected chi connectivity index (χ2v) is 6.49. The second-order valence-electron chi connectivity index (χ2n) is 6.49. The molecule has 0 aromatic rings. The van der Waals surface area contributed by atoms with Crippen molar-refractivity contribution in [2.75, 3.05) is 0 Å². The largest absolute Gasteiger partial charge is 0.393 e. The van der Waals surface area contributed by atoms with Crippen molar-refractivity contribution in [1.82, 2.24) is 4.90 Å². The summed E-state index contributed by atoms with van der Waals surface area (Å²) in [5.41, 5.74) is 0. The lowest BCUT2D eigenvalue weighted by Crippen LogP contribution is -2.48. The highest BCUT2D eigenvalue weighted by molar-refractivity contribution is 5.01. The summed E-state index contributed by atoms with van der Waals surface area (Å²) in [4.78, 5) is 2.84. The Morgan fingerprint density at radius 1 is 1.00 bits per heavy atom. The Hall–Kier alpha value is -0.0800. The maximum absolute atomic E-state index is 9.99. The Bertz CT molecular complexity index is 248. The van der Waals surface area contributed by atoms with Crippen LogP contribution in [0.4, 0.5) is 0 Å². The molecule has 0 spiro atoms. The van der Waals surface area contributed by atoms with Gasteiger partial charge < -0.3 is 5.11 Å². The number of hydrogen-bond acceptors (Lipinski definition) is 2. The van der Waals surface area contributed by atoms with E-state index in [-0.39, 0.29) is 6.10 Å². The highest BCUT2D eigenvalue weighted by Crippen LogP contribution is 2.44. The van der Waals surface area contributed by atoms with E-state index in [0.717, 1.165) is 30.8 Å². The van der Waals surface area contributed by atoms with Crippen LogP contribution in [0, 0.1) is 5.92 Å². The molecule has 1 aliphatic carbocycles. The first kappa shape index (κ1) is 12.0. The number of nitrogens with zero attached hydrogens (tertiary/aromatic N) is 1. The quantitative estimate of drug-likeness (QED) is 0.816. The van der Waals surface area contributed by atoms with Gasteiger partial charge in [0.1, 0.15) is 0 Å². The van der Waals surface area contributed by atoms with Crippen LogP contribution in [-0.4, -0.2) is 34.2 Å². The van der Waals surface area contributed by atoms with E-state index in [0.29, 0.717) is 6.04 Å². The van der Waals surface area contributed by atoms with Crippen molar-refractivity contribution >= 4 is 0 Å². The minimum atomic E-state index is -0.0203. The SMILES string of the molecule is CCCC1CCC(O)CC1N1C2CCC1CC2. The molecule has 2 heteroatoms. The summed E-state index contributed by atoms with van der Waals surface area (Å²) < 4.78 is 0. The molecular weight excluding hydrogens is 210 g/mol. The fourth-order valence-electron chi connectivity index (χ4n) is 4.75. The van der Waals surface area contributed by atoms with Crippen molar-refractivity contribution in [3.63, 3.8) is 0 Å². The Balaban J connectivity index is 1.73. The van der Waals surface area contributed by atoms with Gasteiger partial charge in [-0.15, -0.1) is 0 Å². The van der Waals surface area contributed by atoms with Crippen LogP contribution in [0.3, 0.4) is 0 Å². The molecule has 2 saturated heterocycles. The standard InChI is InChI=1S/C15H27NO/c1-2-3-11-4-9-14(17)10-15(11)16-12-5-6-13(16)8-7-12/h11-15,17H,2-10H2,1H3. The summed E-state index contributed by atoms with van der Waals surface area (Å²) in [7, 11) is 0. The molecule has 3 fully saturated rings. The van der Waals surface area contributed by atoms with Crippen molar-refractivity contribution in [2.45, 2.75) is 88.9 Å². The summed E-state index contributed by atoms with van der Waals surface area (Å²) in [5, 5.41) is 9.99. The molecule has 98 valence electrons. The van der Waals surface area contributed by atoms with Crippen molar-refractivity contribution in [2.24, 2.45) is 5.92 Å². The lowest BCUT2D eigenvalue weighted by Gasteiger charge is -2.42. The van der Waals surface area contributed by atoms with Crippen LogP contribution in [0.25, 0.3) is 0 Å². The molecule has 17 heavy (non-hydrogen) atoms. The summed E-state index contributed by atoms with van der Waals surface area (Å²) in [5.74, 6) is 0.865. The van der Waals surface area contributed by atoms with Crippen LogP contribution in [0.5, 0.6) is 0 Å². The third kappa shape index (κ3) is 2.15. The van der Waals surface area contributed by atoms with Gasteiger partial charge in [-0.2, -0.15) is 0 Å². The van der Waals surface area contributed by atoms with Gasteiger partial charge in [-0.25, -0.2) is 0 Å². The molecule has 2 bridgehead atoms. The lowest BCUT2D eigenvalue weighted by atomic mass is 9.79. The average Bonchev–Trinajstić information content (AvgIpc) is 2.91. The van der Waals surface area contributed by atoms with Gasteiger partial charge in [0, 0.05) is 18.1 Å². The Morgan fingerprint density at radius 3 is 2.24 bits per heavy atom. The maximum atomic E-state index is 9.99. The molecule has 0 aromatic heterocycles. The van der Waals surface area contributed by atoms with E-state index in [1.54, 1.807) is 0 Å². The molecule has 3 atom stereocenters. The fourth-order valence-corrected chi connectivity index (χ4v) is 4.75. The first-order chi connectivity index (χ1) is 8.29. The van der Waals surface area contributed by atoms with Crippen LogP contribution in [0.2, 0.25) is 0 Å². The third-order valence-electron chi connectivity index (χ3n) is 5.48. The Morgan fingerprint density at radius 2 is 1.65 bits per heavy atom. The van der Waals surface area contributed by atoms with Crippen LogP contribution in [-0.2, 0) is 0 Å². The van der Waals surface area contributed by atoms with E-state index in [2.05, 4.69) is 11.8 Å². The van der Waals surface area contributed by atoms with Gasteiger partial charge in [-0.1, -0.05) is 13.3 Å². The van der Waals surface area contributed by atoms with Gasteiger partial charge in [0.25, 0.3) is 0 Å². The highest BCUT2D eigenvalue weighted by atomic mass is 16.3. The summed E-state index contributed by atoms with van der Waals surface area (Å²) in [6.45, 7) is 2.31. The zero-order valence-corrected chi connectivity index (χ0v) is 11.1. The minimum Gasteiger partial charge on any atom is -0.393 e. The molecule has 3 unspecified atom stereocenters. The number of aliphatic hydroxyl groups is 1. The average molecular weight is 237 g/mol. The Labute approximate surface area is 105 Å². The zero-order valence-electron chi connectivity index (χ0n) is 11.1. The van der Waals surface area contributed by atoms with E-state index in [1.807, 2.05) is 0 Å². The molecule has 2 nitrogen and oxygen atoms in total. The van der Waals surface area contributed by atoms with Gasteiger partial charge >= 0.3 is 0 Å².